The molecule has 1 aromatic carbocycles. The number of methoxy groups -OCH3 is 2. The van der Waals surface area contributed by atoms with Gasteiger partial charge in [-0.15, -0.1) is 0 Å². The Labute approximate surface area is 167 Å². The minimum absolute atomic E-state index is 0.125. The zero-order valence-corrected chi connectivity index (χ0v) is 16.6. The van der Waals surface area contributed by atoms with E-state index in [2.05, 4.69) is 9.84 Å². The van der Waals surface area contributed by atoms with Crippen LogP contribution in [0.5, 0.6) is 5.75 Å². The zero-order valence-electron chi connectivity index (χ0n) is 15.8. The van der Waals surface area contributed by atoms with Crippen LogP contribution in [-0.4, -0.2) is 48.3 Å². The number of furan rings is 1. The number of hydrogen-bond donors (Lipinski definition) is 0. The predicted molar refractivity (Wildman–Crippen MR) is 106 cm³/mol. The van der Waals surface area contributed by atoms with E-state index in [1.54, 1.807) is 19.4 Å². The lowest BCUT2D eigenvalue weighted by atomic mass is 10.0. The molecule has 0 fully saturated rings. The average Bonchev–Trinajstić information content (AvgIpc) is 3.40. The van der Waals surface area contributed by atoms with Crippen LogP contribution in [0.1, 0.15) is 30.2 Å². The van der Waals surface area contributed by atoms with Crippen LogP contribution < -0.4 is 4.74 Å². The summed E-state index contributed by atoms with van der Waals surface area (Å²) in [5, 5.41) is 6.07. The molecule has 148 valence electrons. The monoisotopic (exact) mass is 402 g/mol. The van der Waals surface area contributed by atoms with Crippen molar-refractivity contribution in [2.24, 2.45) is 5.10 Å². The molecule has 1 aliphatic heterocycles. The van der Waals surface area contributed by atoms with Gasteiger partial charge in [0.25, 0.3) is 5.91 Å². The van der Waals surface area contributed by atoms with Crippen LogP contribution in [0.3, 0.4) is 0 Å². The van der Waals surface area contributed by atoms with Crippen molar-refractivity contribution in [3.63, 3.8) is 0 Å². The van der Waals surface area contributed by atoms with Crippen LogP contribution in [0.2, 0.25) is 0 Å². The molecule has 0 unspecified atom stereocenters. The molecule has 0 radical (unpaired) electrons. The van der Waals surface area contributed by atoms with Crippen molar-refractivity contribution in [2.45, 2.75) is 18.9 Å². The SMILES string of the molecule is COC(=O)CCSCC(=O)N1N=C(c2ccc(OC)cc2)C[C@@H]1c1ccco1. The third-order valence-corrected chi connectivity index (χ3v) is 5.31. The van der Waals surface area contributed by atoms with Gasteiger partial charge in [-0.2, -0.15) is 16.9 Å². The highest BCUT2D eigenvalue weighted by Gasteiger charge is 2.34. The Morgan fingerprint density at radius 2 is 2.04 bits per heavy atom. The van der Waals surface area contributed by atoms with Gasteiger partial charge in [0.2, 0.25) is 0 Å². The maximum Gasteiger partial charge on any atom is 0.306 e. The molecule has 2 aromatic rings. The molecule has 28 heavy (non-hydrogen) atoms. The van der Waals surface area contributed by atoms with E-state index in [0.29, 0.717) is 17.9 Å². The number of esters is 1. The minimum Gasteiger partial charge on any atom is -0.497 e. The van der Waals surface area contributed by atoms with E-state index < -0.39 is 0 Å². The van der Waals surface area contributed by atoms with E-state index in [1.165, 1.54) is 23.9 Å². The number of thioether (sulfide) groups is 1. The van der Waals surface area contributed by atoms with E-state index in [4.69, 9.17) is 9.15 Å². The van der Waals surface area contributed by atoms with Crippen LogP contribution >= 0.6 is 11.8 Å². The first kappa shape index (κ1) is 20.0. The van der Waals surface area contributed by atoms with Crippen LogP contribution in [0.15, 0.2) is 52.2 Å². The van der Waals surface area contributed by atoms with Gasteiger partial charge >= 0.3 is 5.97 Å². The molecule has 1 aromatic heterocycles. The quantitative estimate of drug-likeness (QED) is 0.498. The third kappa shape index (κ3) is 4.75. The summed E-state index contributed by atoms with van der Waals surface area (Å²) in [5.74, 6) is 1.80. The lowest BCUT2D eigenvalue weighted by Gasteiger charge is -2.19. The molecule has 8 heteroatoms. The Hall–Kier alpha value is -2.74. The second-order valence-corrected chi connectivity index (χ2v) is 7.23. The van der Waals surface area contributed by atoms with Gasteiger partial charge in [0.05, 0.1) is 38.4 Å². The highest BCUT2D eigenvalue weighted by atomic mass is 32.2. The number of nitrogens with zero attached hydrogens (tertiary/aromatic N) is 2. The topological polar surface area (TPSA) is 81.3 Å². The smallest absolute Gasteiger partial charge is 0.306 e. The highest BCUT2D eigenvalue weighted by Crippen LogP contribution is 2.33. The Morgan fingerprint density at radius 3 is 2.68 bits per heavy atom. The standard InChI is InChI=1S/C20H22N2O5S/c1-25-15-7-5-14(6-8-15)16-12-17(18-4-3-10-27-18)22(21-16)19(23)13-28-11-9-20(24)26-2/h3-8,10,17H,9,11-13H2,1-2H3/t17-/m1/s1. The summed E-state index contributed by atoms with van der Waals surface area (Å²) in [5.41, 5.74) is 1.75. The van der Waals surface area contributed by atoms with Crippen LogP contribution in [0, 0.1) is 0 Å². The Balaban J connectivity index is 1.71. The van der Waals surface area contributed by atoms with Crippen molar-refractivity contribution < 1.29 is 23.5 Å². The van der Waals surface area contributed by atoms with Crippen LogP contribution in [0.25, 0.3) is 0 Å². The summed E-state index contributed by atoms with van der Waals surface area (Å²) in [6.07, 6.45) is 2.43. The highest BCUT2D eigenvalue weighted by molar-refractivity contribution is 7.99. The van der Waals surface area contributed by atoms with Gasteiger partial charge in [-0.05, 0) is 42.0 Å². The average molecular weight is 402 g/mol. The molecule has 1 atom stereocenters. The molecule has 1 aliphatic rings. The number of hydrogen-bond acceptors (Lipinski definition) is 7. The molecule has 1 amide bonds. The lowest BCUT2D eigenvalue weighted by Crippen LogP contribution is -2.28. The normalized spacial score (nSPS) is 16.0. The number of benzene rings is 1. The molecule has 0 aliphatic carbocycles. The van der Waals surface area contributed by atoms with Crippen molar-refractivity contribution >= 4 is 29.4 Å². The fourth-order valence-corrected chi connectivity index (χ4v) is 3.65. The third-order valence-electron chi connectivity index (χ3n) is 4.36. The zero-order chi connectivity index (χ0) is 19.9. The molecular formula is C20H22N2O5S. The largest absolute Gasteiger partial charge is 0.497 e. The molecule has 0 bridgehead atoms. The Bertz CT molecular complexity index is 833. The first-order valence-electron chi connectivity index (χ1n) is 8.84. The molecule has 0 saturated carbocycles. The second kappa shape index (κ2) is 9.45. The lowest BCUT2D eigenvalue weighted by molar-refractivity contribution is -0.140. The number of carbonyl (C=O) groups is 2. The first-order chi connectivity index (χ1) is 13.6. The summed E-state index contributed by atoms with van der Waals surface area (Å²) in [4.78, 5) is 24.0. The van der Waals surface area contributed by atoms with E-state index in [9.17, 15) is 9.59 Å². The summed E-state index contributed by atoms with van der Waals surface area (Å²) in [6.45, 7) is 0. The van der Waals surface area contributed by atoms with E-state index in [0.717, 1.165) is 17.0 Å². The van der Waals surface area contributed by atoms with Gasteiger partial charge in [0, 0.05) is 12.2 Å². The van der Waals surface area contributed by atoms with E-state index in [1.807, 2.05) is 30.3 Å². The Morgan fingerprint density at radius 1 is 1.25 bits per heavy atom. The second-order valence-electron chi connectivity index (χ2n) is 6.13. The summed E-state index contributed by atoms with van der Waals surface area (Å²) in [6, 6.07) is 11.0. The summed E-state index contributed by atoms with van der Waals surface area (Å²) >= 11 is 1.38. The maximum absolute atomic E-state index is 12.8. The van der Waals surface area contributed by atoms with Gasteiger partial charge in [-0.1, -0.05) is 0 Å². The van der Waals surface area contributed by atoms with Gasteiger partial charge in [-0.25, -0.2) is 5.01 Å². The summed E-state index contributed by atoms with van der Waals surface area (Å²) < 4.78 is 15.3. The van der Waals surface area contributed by atoms with Crippen molar-refractivity contribution in [1.29, 1.82) is 0 Å². The molecule has 2 heterocycles. The Kier molecular flexibility index (Phi) is 6.76. The summed E-state index contributed by atoms with van der Waals surface area (Å²) in [7, 11) is 2.97. The van der Waals surface area contributed by atoms with Gasteiger partial charge in [0.1, 0.15) is 17.6 Å². The number of carbonyl (C=O) groups excluding carboxylic acids is 2. The van der Waals surface area contributed by atoms with Crippen LogP contribution in [0.4, 0.5) is 0 Å². The number of amides is 1. The van der Waals surface area contributed by atoms with Gasteiger partial charge in [-0.3, -0.25) is 9.59 Å². The number of ether oxygens (including phenoxy) is 2. The van der Waals surface area contributed by atoms with Crippen LogP contribution in [-0.2, 0) is 14.3 Å². The van der Waals surface area contributed by atoms with Gasteiger partial charge in [0.15, 0.2) is 0 Å². The van der Waals surface area contributed by atoms with Crippen molar-refractivity contribution in [2.75, 3.05) is 25.7 Å². The molecule has 3 rings (SSSR count). The predicted octanol–water partition coefficient (Wildman–Crippen LogP) is 3.26. The van der Waals surface area contributed by atoms with Crippen molar-refractivity contribution in [1.82, 2.24) is 5.01 Å². The fourth-order valence-electron chi connectivity index (χ4n) is 2.88. The van der Waals surface area contributed by atoms with Crippen molar-refractivity contribution in [3.8, 4) is 5.75 Å². The molecule has 7 nitrogen and oxygen atoms in total. The number of rotatable bonds is 8. The van der Waals surface area contributed by atoms with E-state index in [-0.39, 0.29) is 30.1 Å². The molecule has 0 N–H and O–H groups in total. The van der Waals surface area contributed by atoms with E-state index >= 15 is 0 Å². The molecule has 0 saturated heterocycles. The maximum atomic E-state index is 12.8. The molecular weight excluding hydrogens is 380 g/mol. The minimum atomic E-state index is -0.283. The fraction of sp³-hybridized carbons (Fsp3) is 0.350. The number of hydrazone groups is 1. The first-order valence-corrected chi connectivity index (χ1v) is 9.99. The molecule has 0 spiro atoms. The van der Waals surface area contributed by atoms with Gasteiger partial charge < -0.3 is 13.9 Å². The van der Waals surface area contributed by atoms with Crippen molar-refractivity contribution in [3.05, 3.63) is 54.0 Å².